The maximum Gasteiger partial charge on any atom is 0.408 e. The first-order chi connectivity index (χ1) is 14.1. The summed E-state index contributed by atoms with van der Waals surface area (Å²) < 4.78 is 0. The number of hydroxylamine groups is 2. The number of para-hydroxylation sites is 1. The van der Waals surface area contributed by atoms with Crippen LogP contribution in [0.15, 0.2) is 91.0 Å². The summed E-state index contributed by atoms with van der Waals surface area (Å²) in [5.74, 6) is -1.94. The Balaban J connectivity index is 1.82. The molecule has 29 heavy (non-hydrogen) atoms. The standard InChI is InChI=1S/C22H17NO6/c24-21-19(16-10-4-1-5-11-16)23(26,18-14-8-3-9-15-18)27-22(25)20(28-29-21)17-12-6-2-7-13-17/h1-15,19-20H. The molecule has 1 aliphatic rings. The molecule has 1 aliphatic heterocycles. The van der Waals surface area contributed by atoms with Gasteiger partial charge in [0.1, 0.15) is 0 Å². The Kier molecular flexibility index (Phi) is 5.09. The topological polar surface area (TPSA) is 84.9 Å². The third-order valence-electron chi connectivity index (χ3n) is 4.56. The van der Waals surface area contributed by atoms with E-state index in [0.717, 1.165) is 0 Å². The van der Waals surface area contributed by atoms with E-state index >= 15 is 0 Å². The van der Waals surface area contributed by atoms with E-state index in [1.54, 1.807) is 78.9 Å². The fraction of sp³-hybridized carbons (Fsp3) is 0.0909. The third kappa shape index (κ3) is 3.62. The molecule has 0 N–H and O–H groups in total. The second-order valence-electron chi connectivity index (χ2n) is 6.45. The highest BCUT2D eigenvalue weighted by molar-refractivity contribution is 5.83. The molecule has 3 atom stereocenters. The summed E-state index contributed by atoms with van der Waals surface area (Å²) in [6, 6.07) is 23.0. The van der Waals surface area contributed by atoms with Crippen molar-refractivity contribution >= 4 is 17.6 Å². The highest BCUT2D eigenvalue weighted by Gasteiger charge is 2.49. The number of benzene rings is 3. The summed E-state index contributed by atoms with van der Waals surface area (Å²) in [4.78, 5) is 39.5. The van der Waals surface area contributed by atoms with Crippen molar-refractivity contribution in [1.29, 1.82) is 0 Å². The molecule has 1 fully saturated rings. The molecule has 3 unspecified atom stereocenters. The van der Waals surface area contributed by atoms with Crippen LogP contribution in [0.3, 0.4) is 0 Å². The number of rotatable bonds is 3. The van der Waals surface area contributed by atoms with Crippen molar-refractivity contribution < 1.29 is 24.2 Å². The first kappa shape index (κ1) is 18.8. The van der Waals surface area contributed by atoms with E-state index in [0.29, 0.717) is 11.1 Å². The number of carbonyl (C=O) groups is 2. The summed E-state index contributed by atoms with van der Waals surface area (Å²) in [6.45, 7) is 0. The van der Waals surface area contributed by atoms with Gasteiger partial charge in [-0.15, -0.1) is 4.81 Å². The molecule has 1 heterocycles. The molecular weight excluding hydrogens is 374 g/mol. The first-order valence-electron chi connectivity index (χ1n) is 8.95. The fourth-order valence-electron chi connectivity index (χ4n) is 3.18. The molecular formula is C22H17NO6. The summed E-state index contributed by atoms with van der Waals surface area (Å²) in [6.07, 6.45) is -1.38. The lowest BCUT2D eigenvalue weighted by molar-refractivity contribution is -0.320. The van der Waals surface area contributed by atoms with Crippen LogP contribution in [0.25, 0.3) is 0 Å². The third-order valence-corrected chi connectivity index (χ3v) is 4.56. The van der Waals surface area contributed by atoms with Gasteiger partial charge in [-0.1, -0.05) is 78.9 Å². The molecule has 0 bridgehead atoms. The van der Waals surface area contributed by atoms with Gasteiger partial charge in [0, 0.05) is 17.7 Å². The van der Waals surface area contributed by atoms with E-state index in [-0.39, 0.29) is 5.69 Å². The molecule has 0 amide bonds. The SMILES string of the molecule is O=C1O[N+]([O-])(c2ccccc2)C(c2ccccc2)C(=O)OOC1c1ccccc1. The summed E-state index contributed by atoms with van der Waals surface area (Å²) in [5.41, 5.74) is 0.786. The maximum absolute atomic E-state index is 14.0. The van der Waals surface area contributed by atoms with Crippen molar-refractivity contribution in [3.05, 3.63) is 107 Å². The number of hydrogen-bond acceptors (Lipinski definition) is 6. The van der Waals surface area contributed by atoms with Crippen molar-refractivity contribution in [2.45, 2.75) is 12.1 Å². The highest BCUT2D eigenvalue weighted by atomic mass is 17.2. The van der Waals surface area contributed by atoms with Crippen LogP contribution in [0.1, 0.15) is 23.3 Å². The zero-order valence-electron chi connectivity index (χ0n) is 15.2. The molecule has 3 aromatic rings. The van der Waals surface area contributed by atoms with Crippen molar-refractivity contribution in [3.63, 3.8) is 0 Å². The largest absolute Gasteiger partial charge is 0.583 e. The van der Waals surface area contributed by atoms with Gasteiger partial charge < -0.3 is 5.21 Å². The van der Waals surface area contributed by atoms with Gasteiger partial charge in [0.25, 0.3) is 6.04 Å². The summed E-state index contributed by atoms with van der Waals surface area (Å²) in [7, 11) is 0. The van der Waals surface area contributed by atoms with E-state index in [4.69, 9.17) is 14.6 Å². The van der Waals surface area contributed by atoms with Gasteiger partial charge in [0.2, 0.25) is 6.10 Å². The van der Waals surface area contributed by atoms with Gasteiger partial charge >= 0.3 is 11.9 Å². The zero-order chi connectivity index (χ0) is 20.3. The number of carbonyl (C=O) groups excluding carboxylic acids is 2. The second-order valence-corrected chi connectivity index (χ2v) is 6.45. The molecule has 7 nitrogen and oxygen atoms in total. The normalized spacial score (nSPS) is 24.7. The van der Waals surface area contributed by atoms with Gasteiger partial charge in [-0.25, -0.2) is 9.59 Å². The van der Waals surface area contributed by atoms with E-state index in [1.165, 1.54) is 12.1 Å². The van der Waals surface area contributed by atoms with Crippen LogP contribution in [0.4, 0.5) is 5.69 Å². The van der Waals surface area contributed by atoms with E-state index in [2.05, 4.69) is 0 Å². The van der Waals surface area contributed by atoms with E-state index in [9.17, 15) is 14.8 Å². The predicted molar refractivity (Wildman–Crippen MR) is 103 cm³/mol. The lowest BCUT2D eigenvalue weighted by Crippen LogP contribution is -2.53. The van der Waals surface area contributed by atoms with Crippen molar-refractivity contribution in [1.82, 2.24) is 4.81 Å². The van der Waals surface area contributed by atoms with Gasteiger partial charge in [-0.05, 0) is 5.56 Å². The Labute approximate surface area is 166 Å². The molecule has 3 aromatic carbocycles. The van der Waals surface area contributed by atoms with Crippen molar-refractivity contribution in [3.8, 4) is 0 Å². The minimum absolute atomic E-state index is 0.0698. The average Bonchev–Trinajstić information content (AvgIpc) is 2.75. The second kappa shape index (κ2) is 7.84. The number of quaternary nitrogens is 1. The molecule has 0 aliphatic carbocycles. The van der Waals surface area contributed by atoms with E-state index < -0.39 is 28.9 Å². The van der Waals surface area contributed by atoms with Crippen LogP contribution in [-0.2, 0) is 24.2 Å². The fourth-order valence-corrected chi connectivity index (χ4v) is 3.18. The average molecular weight is 391 g/mol. The van der Waals surface area contributed by atoms with Crippen LogP contribution < -0.4 is 4.81 Å². The van der Waals surface area contributed by atoms with Gasteiger partial charge in [0.05, 0.1) is 0 Å². The molecule has 0 aromatic heterocycles. The monoisotopic (exact) mass is 391 g/mol. The Morgan fingerprint density at radius 2 is 1.21 bits per heavy atom. The lowest BCUT2D eigenvalue weighted by Gasteiger charge is -2.43. The molecule has 4 rings (SSSR count). The zero-order valence-corrected chi connectivity index (χ0v) is 15.2. The number of hydrogen-bond donors (Lipinski definition) is 0. The predicted octanol–water partition coefficient (Wildman–Crippen LogP) is 3.92. The molecule has 0 radical (unpaired) electrons. The van der Waals surface area contributed by atoms with Gasteiger partial charge in [-0.2, -0.15) is 4.89 Å². The molecule has 0 saturated carbocycles. The van der Waals surface area contributed by atoms with Crippen molar-refractivity contribution in [2.75, 3.05) is 0 Å². The Bertz CT molecular complexity index is 994. The minimum atomic E-state index is -1.69. The van der Waals surface area contributed by atoms with Crippen LogP contribution in [0, 0.1) is 5.21 Å². The van der Waals surface area contributed by atoms with Crippen LogP contribution in [0.5, 0.6) is 0 Å². The molecule has 146 valence electrons. The van der Waals surface area contributed by atoms with E-state index in [1.807, 2.05) is 0 Å². The highest BCUT2D eigenvalue weighted by Crippen LogP contribution is 2.39. The van der Waals surface area contributed by atoms with Crippen LogP contribution >= 0.6 is 0 Å². The molecule has 7 heteroatoms. The lowest BCUT2D eigenvalue weighted by atomic mass is 10.1. The Morgan fingerprint density at radius 1 is 0.690 bits per heavy atom. The van der Waals surface area contributed by atoms with Crippen LogP contribution in [-0.4, -0.2) is 11.9 Å². The molecule has 1 saturated heterocycles. The van der Waals surface area contributed by atoms with Gasteiger partial charge in [0.15, 0.2) is 5.69 Å². The minimum Gasteiger partial charge on any atom is -0.583 e. The molecule has 0 spiro atoms. The quantitative estimate of drug-likeness (QED) is 0.382. The first-order valence-corrected chi connectivity index (χ1v) is 8.95. The summed E-state index contributed by atoms with van der Waals surface area (Å²) in [5, 5.41) is 14.0. The van der Waals surface area contributed by atoms with Gasteiger partial charge in [-0.3, -0.25) is 9.73 Å². The van der Waals surface area contributed by atoms with Crippen LogP contribution in [0.2, 0.25) is 0 Å². The smallest absolute Gasteiger partial charge is 0.408 e. The Hall–Kier alpha value is -3.52. The van der Waals surface area contributed by atoms with Crippen molar-refractivity contribution in [2.24, 2.45) is 0 Å². The number of nitrogens with zero attached hydrogens (tertiary/aromatic N) is 1. The Morgan fingerprint density at radius 3 is 1.79 bits per heavy atom. The summed E-state index contributed by atoms with van der Waals surface area (Å²) >= 11 is 0. The maximum atomic E-state index is 14.0.